The Morgan fingerprint density at radius 1 is 1.40 bits per heavy atom. The molecule has 2 saturated heterocycles. The number of amides is 2. The molecule has 2 heterocycles. The second-order valence-corrected chi connectivity index (χ2v) is 4.04. The van der Waals surface area contributed by atoms with Crippen molar-refractivity contribution in [3.8, 4) is 0 Å². The zero-order valence-electron chi connectivity index (χ0n) is 8.70. The Balaban J connectivity index is 1.76. The van der Waals surface area contributed by atoms with E-state index in [9.17, 15) is 9.59 Å². The van der Waals surface area contributed by atoms with Gasteiger partial charge in [-0.15, -0.1) is 0 Å². The number of rotatable bonds is 3. The summed E-state index contributed by atoms with van der Waals surface area (Å²) in [5.74, 6) is -0.212. The minimum Gasteiger partial charge on any atom is -0.439 e. The molecule has 2 fully saturated rings. The molecule has 5 heteroatoms. The number of nitrogens with one attached hydrogen (secondary N) is 1. The van der Waals surface area contributed by atoms with E-state index in [0.29, 0.717) is 12.6 Å². The summed E-state index contributed by atoms with van der Waals surface area (Å²) in [7, 11) is 0. The highest BCUT2D eigenvalue weighted by molar-refractivity contribution is 5.97. The second kappa shape index (κ2) is 4.61. The van der Waals surface area contributed by atoms with E-state index in [-0.39, 0.29) is 12.5 Å². The standard InChI is InChI=1S/C10H16N2O3/c13-9-7-15-10(14)12(9)6-4-8-3-1-2-5-11-8/h8,11H,1-7H2/t8-/m1/s1. The van der Waals surface area contributed by atoms with Gasteiger partial charge in [0.25, 0.3) is 5.91 Å². The monoisotopic (exact) mass is 212 g/mol. The van der Waals surface area contributed by atoms with Crippen molar-refractivity contribution in [3.63, 3.8) is 0 Å². The van der Waals surface area contributed by atoms with Crippen LogP contribution in [0.15, 0.2) is 0 Å². The molecule has 0 spiro atoms. The van der Waals surface area contributed by atoms with Crippen LogP contribution in [0.2, 0.25) is 0 Å². The lowest BCUT2D eigenvalue weighted by Crippen LogP contribution is -2.39. The van der Waals surface area contributed by atoms with Gasteiger partial charge in [0, 0.05) is 12.6 Å². The zero-order valence-corrected chi connectivity index (χ0v) is 8.70. The van der Waals surface area contributed by atoms with Crippen LogP contribution in [0.3, 0.4) is 0 Å². The fraction of sp³-hybridized carbons (Fsp3) is 0.800. The first-order valence-corrected chi connectivity index (χ1v) is 5.48. The molecule has 5 nitrogen and oxygen atoms in total. The van der Waals surface area contributed by atoms with Gasteiger partial charge < -0.3 is 10.1 Å². The number of imide groups is 1. The van der Waals surface area contributed by atoms with Crippen LogP contribution in [0.5, 0.6) is 0 Å². The van der Waals surface area contributed by atoms with Gasteiger partial charge in [0.2, 0.25) is 0 Å². The summed E-state index contributed by atoms with van der Waals surface area (Å²) in [6.45, 7) is 1.44. The molecule has 0 aliphatic carbocycles. The van der Waals surface area contributed by atoms with E-state index in [0.717, 1.165) is 19.4 Å². The van der Waals surface area contributed by atoms with Gasteiger partial charge in [0.05, 0.1) is 0 Å². The van der Waals surface area contributed by atoms with E-state index in [1.165, 1.54) is 17.7 Å². The van der Waals surface area contributed by atoms with Crippen LogP contribution in [0, 0.1) is 0 Å². The van der Waals surface area contributed by atoms with Crippen LogP contribution in [-0.2, 0) is 9.53 Å². The lowest BCUT2D eigenvalue weighted by atomic mass is 10.0. The first kappa shape index (κ1) is 10.4. The van der Waals surface area contributed by atoms with E-state index >= 15 is 0 Å². The number of carbonyl (C=O) groups is 2. The first-order chi connectivity index (χ1) is 7.27. The molecule has 2 aliphatic heterocycles. The lowest BCUT2D eigenvalue weighted by molar-refractivity contribution is -0.126. The molecular formula is C10H16N2O3. The van der Waals surface area contributed by atoms with E-state index in [2.05, 4.69) is 10.1 Å². The molecule has 0 unspecified atom stereocenters. The number of carbonyl (C=O) groups excluding carboxylic acids is 2. The number of cyclic esters (lactones) is 1. The Morgan fingerprint density at radius 3 is 2.87 bits per heavy atom. The minimum atomic E-state index is -0.490. The Morgan fingerprint density at radius 2 is 2.27 bits per heavy atom. The number of piperidine rings is 1. The Kier molecular flexibility index (Phi) is 3.20. The van der Waals surface area contributed by atoms with Crippen LogP contribution in [0.4, 0.5) is 4.79 Å². The van der Waals surface area contributed by atoms with Gasteiger partial charge in [0.1, 0.15) is 0 Å². The van der Waals surface area contributed by atoms with Crippen molar-refractivity contribution in [3.05, 3.63) is 0 Å². The van der Waals surface area contributed by atoms with Crippen molar-refractivity contribution in [2.45, 2.75) is 31.7 Å². The smallest absolute Gasteiger partial charge is 0.417 e. The molecule has 2 amide bonds. The molecule has 15 heavy (non-hydrogen) atoms. The van der Waals surface area contributed by atoms with Crippen molar-refractivity contribution in [1.29, 1.82) is 0 Å². The highest BCUT2D eigenvalue weighted by Gasteiger charge is 2.31. The summed E-state index contributed by atoms with van der Waals surface area (Å²) < 4.78 is 4.63. The average Bonchev–Trinajstić information content (AvgIpc) is 2.58. The third-order valence-corrected chi connectivity index (χ3v) is 2.95. The van der Waals surface area contributed by atoms with Crippen LogP contribution < -0.4 is 5.32 Å². The van der Waals surface area contributed by atoms with E-state index in [4.69, 9.17) is 0 Å². The van der Waals surface area contributed by atoms with Crippen molar-refractivity contribution in [1.82, 2.24) is 10.2 Å². The molecule has 2 aliphatic rings. The number of ether oxygens (including phenoxy) is 1. The molecule has 0 bridgehead atoms. The topological polar surface area (TPSA) is 58.6 Å². The van der Waals surface area contributed by atoms with Crippen molar-refractivity contribution < 1.29 is 14.3 Å². The van der Waals surface area contributed by atoms with Gasteiger partial charge in [0.15, 0.2) is 6.61 Å². The molecule has 0 saturated carbocycles. The van der Waals surface area contributed by atoms with Crippen LogP contribution >= 0.6 is 0 Å². The predicted molar refractivity (Wildman–Crippen MR) is 53.3 cm³/mol. The minimum absolute atomic E-state index is 0.0864. The second-order valence-electron chi connectivity index (χ2n) is 4.04. The summed E-state index contributed by atoms with van der Waals surface area (Å²) in [5, 5.41) is 3.38. The van der Waals surface area contributed by atoms with E-state index in [1.54, 1.807) is 0 Å². The fourth-order valence-electron chi connectivity index (χ4n) is 2.05. The molecule has 0 aromatic carbocycles. The number of nitrogens with zero attached hydrogens (tertiary/aromatic N) is 1. The third-order valence-electron chi connectivity index (χ3n) is 2.95. The van der Waals surface area contributed by atoms with Crippen LogP contribution in [0.25, 0.3) is 0 Å². The maximum atomic E-state index is 11.2. The van der Waals surface area contributed by atoms with Gasteiger partial charge in [-0.05, 0) is 25.8 Å². The summed E-state index contributed by atoms with van der Waals surface area (Å²) in [6, 6.07) is 0.444. The number of hydrogen-bond donors (Lipinski definition) is 1. The third kappa shape index (κ3) is 2.47. The average molecular weight is 212 g/mol. The maximum Gasteiger partial charge on any atom is 0.417 e. The van der Waals surface area contributed by atoms with Gasteiger partial charge in [-0.25, -0.2) is 9.69 Å². The van der Waals surface area contributed by atoms with Gasteiger partial charge in [-0.3, -0.25) is 4.79 Å². The Bertz CT molecular complexity index is 245. The molecule has 1 N–H and O–H groups in total. The summed E-state index contributed by atoms with van der Waals surface area (Å²) in [6.07, 6.45) is 3.94. The molecule has 2 rings (SSSR count). The SMILES string of the molecule is O=C1COC(=O)N1CC[C@H]1CCCCN1. The summed E-state index contributed by atoms with van der Waals surface area (Å²) >= 11 is 0. The number of hydrogen-bond acceptors (Lipinski definition) is 4. The van der Waals surface area contributed by atoms with Crippen molar-refractivity contribution in [2.24, 2.45) is 0 Å². The predicted octanol–water partition coefficient (Wildman–Crippen LogP) is 0.497. The van der Waals surface area contributed by atoms with Crippen molar-refractivity contribution >= 4 is 12.0 Å². The van der Waals surface area contributed by atoms with Gasteiger partial charge >= 0.3 is 6.09 Å². The van der Waals surface area contributed by atoms with Crippen molar-refractivity contribution in [2.75, 3.05) is 19.7 Å². The highest BCUT2D eigenvalue weighted by atomic mass is 16.6. The van der Waals surface area contributed by atoms with Crippen LogP contribution in [0.1, 0.15) is 25.7 Å². The highest BCUT2D eigenvalue weighted by Crippen LogP contribution is 2.12. The van der Waals surface area contributed by atoms with Crippen LogP contribution in [-0.4, -0.2) is 42.6 Å². The Labute approximate surface area is 88.8 Å². The molecule has 1 atom stereocenters. The maximum absolute atomic E-state index is 11.2. The quantitative estimate of drug-likeness (QED) is 0.740. The molecule has 0 aromatic heterocycles. The lowest BCUT2D eigenvalue weighted by Gasteiger charge is -2.24. The molecule has 0 radical (unpaired) electrons. The largest absolute Gasteiger partial charge is 0.439 e. The van der Waals surface area contributed by atoms with E-state index < -0.39 is 6.09 Å². The molecule has 0 aromatic rings. The fourth-order valence-corrected chi connectivity index (χ4v) is 2.05. The van der Waals surface area contributed by atoms with Gasteiger partial charge in [-0.2, -0.15) is 0 Å². The summed E-state index contributed by atoms with van der Waals surface area (Å²) in [4.78, 5) is 23.5. The van der Waals surface area contributed by atoms with E-state index in [1.807, 2.05) is 0 Å². The van der Waals surface area contributed by atoms with Gasteiger partial charge in [-0.1, -0.05) is 6.42 Å². The summed E-state index contributed by atoms with van der Waals surface area (Å²) in [5.41, 5.74) is 0. The zero-order chi connectivity index (χ0) is 10.7. The molecular weight excluding hydrogens is 196 g/mol. The first-order valence-electron chi connectivity index (χ1n) is 5.48. The molecule has 84 valence electrons. The normalized spacial score (nSPS) is 26.9. The Hall–Kier alpha value is -1.10.